The van der Waals surface area contributed by atoms with Crippen molar-refractivity contribution in [2.45, 2.75) is 201 Å². The highest BCUT2D eigenvalue weighted by Crippen LogP contribution is 2.48. The van der Waals surface area contributed by atoms with E-state index in [0.29, 0.717) is 80.2 Å². The maximum absolute atomic E-state index is 7.11. The summed E-state index contributed by atoms with van der Waals surface area (Å²) in [5.74, 6) is 7.26. The average molecular weight is 1440 g/mol. The molecule has 2 aliphatic rings. The number of ether oxygens (including phenoxy) is 4. The van der Waals surface area contributed by atoms with Gasteiger partial charge in [0, 0.05) is 71.6 Å². The fourth-order valence-corrected chi connectivity index (χ4v) is 13.8. The molecule has 9 aromatic carbocycles. The molecule has 0 fully saturated rings. The number of nitrogens with zero attached hydrogens (tertiary/aromatic N) is 7. The lowest BCUT2D eigenvalue weighted by Gasteiger charge is -2.30. The Labute approximate surface area is 635 Å². The van der Waals surface area contributed by atoms with E-state index in [2.05, 4.69) is 213 Å². The predicted molar refractivity (Wildman–Crippen MR) is 443 cm³/mol. The van der Waals surface area contributed by atoms with Gasteiger partial charge in [-0.2, -0.15) is 0 Å². The largest absolute Gasteiger partial charge is 0.457 e. The Bertz CT molecular complexity index is 5560. The zero-order valence-corrected chi connectivity index (χ0v) is 66.2. The van der Waals surface area contributed by atoms with E-state index in [1.807, 2.05) is 121 Å². The van der Waals surface area contributed by atoms with Crippen LogP contribution in [0.3, 0.4) is 0 Å². The SMILES string of the molecule is CCC(C)(C)c1ccc(Oc2ccc3c(c2)-c2nc-3nc3[nH]c(nc4nc(nc5[nH]c(n2)c2ccc(Oc6ccc(C(C)(C)CC)cc6C(C)(C)CC)cc52)-c2ccc(Oc5ccc(C=Nc6ccc(S)cc6)cc5)cc2-4)c2ccc(Oc4ccc(C(C)(C)CC)cc4C(C)(C)CC)cc32)c(C(C)(C)CC)c1. The highest BCUT2D eigenvalue weighted by Gasteiger charge is 2.32. The first-order valence-corrected chi connectivity index (χ1v) is 38.4. The molecule has 107 heavy (non-hydrogen) atoms. The summed E-state index contributed by atoms with van der Waals surface area (Å²) in [4.78, 5) is 45.9. The molecule has 8 bridgehead atoms. The second-order valence-corrected chi connectivity index (χ2v) is 33.3. The van der Waals surface area contributed by atoms with E-state index in [-0.39, 0.29) is 32.5 Å². The molecule has 5 heterocycles. The van der Waals surface area contributed by atoms with Crippen molar-refractivity contribution in [1.29, 1.82) is 0 Å². The number of hydrogen-bond acceptors (Lipinski definition) is 12. The second kappa shape index (κ2) is 28.4. The fourth-order valence-electron chi connectivity index (χ4n) is 13.7. The summed E-state index contributed by atoms with van der Waals surface area (Å²) in [5.41, 5.74) is 13.5. The van der Waals surface area contributed by atoms with Crippen molar-refractivity contribution in [2.24, 2.45) is 4.99 Å². The summed E-state index contributed by atoms with van der Waals surface area (Å²) in [6.07, 6.45) is 7.59. The first-order chi connectivity index (χ1) is 51.0. The van der Waals surface area contributed by atoms with Crippen LogP contribution in [0.5, 0.6) is 46.0 Å². The summed E-state index contributed by atoms with van der Waals surface area (Å²) >= 11 is 4.44. The van der Waals surface area contributed by atoms with Gasteiger partial charge in [-0.1, -0.05) is 161 Å². The smallest absolute Gasteiger partial charge is 0.164 e. The maximum Gasteiger partial charge on any atom is 0.164 e. The van der Waals surface area contributed by atoms with E-state index >= 15 is 0 Å². The van der Waals surface area contributed by atoms with Crippen LogP contribution in [0.25, 0.3) is 89.7 Å². The molecule has 0 saturated carbocycles. The van der Waals surface area contributed by atoms with Gasteiger partial charge in [0.2, 0.25) is 0 Å². The molecule has 0 radical (unpaired) electrons. The third kappa shape index (κ3) is 14.6. The molecule has 14 heteroatoms. The molecule has 0 unspecified atom stereocenters. The monoisotopic (exact) mass is 1440 g/mol. The standard InChI is InChI=1S/C93H99N9O4S/c1-19-88(7,8)56-27-44-77(74(47-56)91(13,14)22-4)104-62-35-41-67-71(51-62)86-98-81(67)96-84-70-50-61(103-60-32-25-55(26-33-60)54-94-59-30-38-65(107)39-31-59)34-40-66(70)80(95-84)97-85-72-52-63(105-78-45-28-57(89(9,10)20-2)48-75(78)92(15,16)23-5)36-42-68(72)82(99-85)101-87-73-53-64(37-43-69(73)83(100-86)102-87)106-79-46-29-58(90(11,12)21-3)49-76(79)93(17,18)24-6/h25-54,107H,19-24H2,1-18H3,(H2,95,96,97,98,99,100,101,102). The molecule has 546 valence electrons. The van der Waals surface area contributed by atoms with Crippen LogP contribution < -0.4 is 18.9 Å². The van der Waals surface area contributed by atoms with Crippen molar-refractivity contribution in [1.82, 2.24) is 39.9 Å². The number of aliphatic imine (C=N–C) groups is 1. The van der Waals surface area contributed by atoms with E-state index in [0.717, 1.165) is 127 Å². The molecule has 0 saturated heterocycles. The third-order valence-corrected chi connectivity index (χ3v) is 23.8. The lowest BCUT2D eigenvalue weighted by molar-refractivity contribution is 0.432. The summed E-state index contributed by atoms with van der Waals surface area (Å²) < 4.78 is 28.0. The summed E-state index contributed by atoms with van der Waals surface area (Å²) in [5, 5.41) is 3.10. The molecule has 0 spiro atoms. The second-order valence-electron chi connectivity index (χ2n) is 32.7. The van der Waals surface area contributed by atoms with Gasteiger partial charge in [-0.15, -0.1) is 12.6 Å². The van der Waals surface area contributed by atoms with Gasteiger partial charge in [-0.3, -0.25) is 4.99 Å². The van der Waals surface area contributed by atoms with E-state index < -0.39 is 0 Å². The number of H-pyrrole nitrogens is 2. The van der Waals surface area contributed by atoms with Crippen LogP contribution in [-0.4, -0.2) is 46.1 Å². The number of nitrogens with one attached hydrogen (secondary N) is 2. The molecule has 0 amide bonds. The van der Waals surface area contributed by atoms with Crippen molar-refractivity contribution in [3.05, 3.63) is 215 Å². The number of thiol groups is 1. The Morgan fingerprint density at radius 1 is 0.318 bits per heavy atom. The zero-order valence-electron chi connectivity index (χ0n) is 65.3. The molecule has 0 atom stereocenters. The molecule has 12 aromatic rings. The predicted octanol–water partition coefficient (Wildman–Crippen LogP) is 26.2. The summed E-state index contributed by atoms with van der Waals surface area (Å²) in [7, 11) is 0. The number of hydrogen-bond donors (Lipinski definition) is 3. The number of benzene rings is 9. The van der Waals surface area contributed by atoms with Gasteiger partial charge in [-0.05, 0) is 233 Å². The van der Waals surface area contributed by atoms with Crippen LogP contribution in [-0.2, 0) is 32.5 Å². The van der Waals surface area contributed by atoms with Crippen molar-refractivity contribution in [3.8, 4) is 91.5 Å². The zero-order chi connectivity index (χ0) is 75.7. The maximum atomic E-state index is 7.11. The van der Waals surface area contributed by atoms with Crippen LogP contribution in [0, 0.1) is 0 Å². The van der Waals surface area contributed by atoms with Crippen molar-refractivity contribution < 1.29 is 18.9 Å². The Balaban J connectivity index is 0.985. The van der Waals surface area contributed by atoms with Crippen LogP contribution >= 0.6 is 12.6 Å². The van der Waals surface area contributed by atoms with Gasteiger partial charge in [0.05, 0.1) is 5.69 Å². The minimum Gasteiger partial charge on any atom is -0.457 e. The average Bonchev–Trinajstić information content (AvgIpc) is 1.62. The number of aromatic nitrogens is 8. The molecule has 0 aliphatic carbocycles. The number of rotatable bonds is 22. The first kappa shape index (κ1) is 73.5. The molecule has 13 nitrogen and oxygen atoms in total. The molecule has 2 aliphatic heterocycles. The Kier molecular flexibility index (Phi) is 19.5. The van der Waals surface area contributed by atoms with Crippen LogP contribution in [0.4, 0.5) is 5.69 Å². The summed E-state index contributed by atoms with van der Waals surface area (Å²) in [6.45, 7) is 41.0. The molecular formula is C93H99N9O4S. The normalized spacial score (nSPS) is 12.8. The lowest BCUT2D eigenvalue weighted by Crippen LogP contribution is -2.20. The van der Waals surface area contributed by atoms with Crippen LogP contribution in [0.1, 0.15) is 202 Å². The van der Waals surface area contributed by atoms with E-state index in [4.69, 9.17) is 48.9 Å². The molecular weight excluding hydrogens is 1340 g/mol. The minimum atomic E-state index is -0.184. The van der Waals surface area contributed by atoms with Gasteiger partial charge in [-0.25, -0.2) is 29.9 Å². The van der Waals surface area contributed by atoms with Crippen molar-refractivity contribution >= 4 is 68.7 Å². The van der Waals surface area contributed by atoms with E-state index in [1.54, 1.807) is 0 Å². The van der Waals surface area contributed by atoms with Gasteiger partial charge in [0.25, 0.3) is 0 Å². The van der Waals surface area contributed by atoms with Gasteiger partial charge in [0.15, 0.2) is 23.3 Å². The highest BCUT2D eigenvalue weighted by atomic mass is 32.1. The highest BCUT2D eigenvalue weighted by molar-refractivity contribution is 7.80. The van der Waals surface area contributed by atoms with Crippen LogP contribution in [0.15, 0.2) is 186 Å². The van der Waals surface area contributed by atoms with Gasteiger partial charge in [0.1, 0.15) is 68.6 Å². The first-order valence-electron chi connectivity index (χ1n) is 38.0. The Morgan fingerprint density at radius 3 is 1.02 bits per heavy atom. The van der Waals surface area contributed by atoms with Crippen molar-refractivity contribution in [3.63, 3.8) is 0 Å². The van der Waals surface area contributed by atoms with Gasteiger partial charge < -0.3 is 28.9 Å². The number of fused-ring (bicyclic) bond motifs is 20. The third-order valence-electron chi connectivity index (χ3n) is 23.5. The molecule has 3 aromatic heterocycles. The minimum absolute atomic E-state index is 0.0213. The molecule has 14 rings (SSSR count). The van der Waals surface area contributed by atoms with Gasteiger partial charge >= 0.3 is 0 Å². The number of aromatic amines is 2. The Hall–Kier alpha value is -10.4. The van der Waals surface area contributed by atoms with E-state index in [9.17, 15) is 0 Å². The van der Waals surface area contributed by atoms with Crippen molar-refractivity contribution in [2.75, 3.05) is 0 Å². The molecule has 2 N–H and O–H groups in total. The summed E-state index contributed by atoms with van der Waals surface area (Å²) in [6, 6.07) is 59.9. The topological polar surface area (TPSA) is 158 Å². The van der Waals surface area contributed by atoms with Crippen LogP contribution in [0.2, 0.25) is 0 Å². The Morgan fingerprint density at radius 2 is 0.645 bits per heavy atom. The lowest BCUT2D eigenvalue weighted by atomic mass is 9.76. The fraction of sp³-hybridized carbons (Fsp3) is 0.323. The van der Waals surface area contributed by atoms with E-state index in [1.165, 1.54) is 16.7 Å². The quantitative estimate of drug-likeness (QED) is 0.0441.